The van der Waals surface area contributed by atoms with Crippen LogP contribution >= 0.6 is 24.8 Å². The van der Waals surface area contributed by atoms with Crippen molar-refractivity contribution < 1.29 is 9.90 Å². The number of hydrogen-bond acceptors (Lipinski definition) is 4. The third-order valence-electron chi connectivity index (χ3n) is 6.18. The molecule has 0 bridgehead atoms. The minimum atomic E-state index is -1.05. The van der Waals surface area contributed by atoms with Crippen LogP contribution in [0, 0.1) is 23.2 Å². The van der Waals surface area contributed by atoms with Crippen LogP contribution in [0.5, 0.6) is 0 Å². The monoisotopic (exact) mass is 535 g/mol. The normalized spacial score (nSPS) is 11.8. The lowest BCUT2D eigenvalue weighted by Crippen LogP contribution is -2.43. The predicted octanol–water partition coefficient (Wildman–Crippen LogP) is 5.01. The molecule has 8 N–H and O–H groups in total. The Balaban J connectivity index is 0.00000324. The number of carbonyl (C=O) groups is 1. The van der Waals surface area contributed by atoms with Crippen LogP contribution in [-0.2, 0) is 6.42 Å². The van der Waals surface area contributed by atoms with Gasteiger partial charge in [-0.2, -0.15) is 0 Å². The van der Waals surface area contributed by atoms with Crippen molar-refractivity contribution in [2.45, 2.75) is 46.1 Å². The number of nitrogen functional groups attached to an aromatic ring is 1. The Kier molecular flexibility index (Phi) is 10.8. The number of nitrogens with zero attached hydrogens (tertiary/aromatic N) is 2. The zero-order valence-corrected chi connectivity index (χ0v) is 22.3. The standard InChI is InChI=1S/C25H33N7O2.2ClH/c1-15-30-19-9-8-18(14-20(19)31-15)22(32(24(33)34)13-11-21(26)27)25(2,3)12-10-16-4-6-17(7-5-16)23(28)29;;/h4-9,14,22H,10-13H2,1-3H3,(H3,26,27)(H3,28,29)(H,30,31)(H,33,34);2*1H. The van der Waals surface area contributed by atoms with E-state index in [1.807, 2.05) is 49.4 Å². The molecule has 0 saturated carbocycles. The molecule has 1 amide bonds. The van der Waals surface area contributed by atoms with E-state index in [2.05, 4.69) is 23.8 Å². The average Bonchev–Trinajstić information content (AvgIpc) is 3.14. The second-order valence-corrected chi connectivity index (χ2v) is 9.35. The molecule has 0 aliphatic carbocycles. The van der Waals surface area contributed by atoms with E-state index >= 15 is 0 Å². The van der Waals surface area contributed by atoms with Gasteiger partial charge in [-0.25, -0.2) is 9.78 Å². The fraction of sp³-hybridized carbons (Fsp3) is 0.360. The quantitative estimate of drug-likeness (QED) is 0.158. The topological polar surface area (TPSA) is 169 Å². The van der Waals surface area contributed by atoms with Gasteiger partial charge in [0, 0.05) is 18.5 Å². The Labute approximate surface area is 223 Å². The summed E-state index contributed by atoms with van der Waals surface area (Å²) in [6, 6.07) is 12.9. The number of carboxylic acid groups (broad SMARTS) is 1. The molecule has 0 saturated heterocycles. The number of aromatic amines is 1. The van der Waals surface area contributed by atoms with Gasteiger partial charge in [0.2, 0.25) is 0 Å². The van der Waals surface area contributed by atoms with E-state index in [0.29, 0.717) is 12.0 Å². The van der Waals surface area contributed by atoms with Crippen LogP contribution in [0.15, 0.2) is 42.5 Å². The number of aryl methyl sites for hydroxylation is 2. The number of halogens is 2. The van der Waals surface area contributed by atoms with Crippen LogP contribution in [0.3, 0.4) is 0 Å². The highest BCUT2D eigenvalue weighted by Crippen LogP contribution is 2.42. The van der Waals surface area contributed by atoms with E-state index in [4.69, 9.17) is 22.3 Å². The first-order chi connectivity index (χ1) is 16.0. The summed E-state index contributed by atoms with van der Waals surface area (Å²) in [6.45, 7) is 6.13. The van der Waals surface area contributed by atoms with E-state index in [1.165, 1.54) is 4.90 Å². The molecule has 3 rings (SSSR count). The van der Waals surface area contributed by atoms with Crippen LogP contribution in [0.25, 0.3) is 11.0 Å². The van der Waals surface area contributed by atoms with Crippen molar-refractivity contribution in [2.24, 2.45) is 16.9 Å². The van der Waals surface area contributed by atoms with Crippen molar-refractivity contribution in [3.8, 4) is 0 Å². The fourth-order valence-corrected chi connectivity index (χ4v) is 4.40. The zero-order chi connectivity index (χ0) is 25.0. The number of imidazole rings is 1. The molecule has 0 fully saturated rings. The van der Waals surface area contributed by atoms with Gasteiger partial charge in [0.15, 0.2) is 0 Å². The van der Waals surface area contributed by atoms with Gasteiger partial charge in [-0.1, -0.05) is 44.2 Å². The molecule has 0 spiro atoms. The van der Waals surface area contributed by atoms with E-state index in [0.717, 1.165) is 34.4 Å². The number of nitrogens with two attached hydrogens (primary N) is 2. The molecule has 9 nitrogen and oxygen atoms in total. The number of fused-ring (bicyclic) bond motifs is 1. The van der Waals surface area contributed by atoms with Crippen molar-refractivity contribution in [2.75, 3.05) is 6.54 Å². The first-order valence-electron chi connectivity index (χ1n) is 11.2. The fourth-order valence-electron chi connectivity index (χ4n) is 4.40. The molecule has 11 heteroatoms. The van der Waals surface area contributed by atoms with Crippen molar-refractivity contribution >= 4 is 53.6 Å². The molecule has 36 heavy (non-hydrogen) atoms. The Morgan fingerprint density at radius 3 is 2.33 bits per heavy atom. The van der Waals surface area contributed by atoms with E-state index < -0.39 is 17.6 Å². The van der Waals surface area contributed by atoms with Crippen LogP contribution in [0.2, 0.25) is 0 Å². The minimum Gasteiger partial charge on any atom is -0.465 e. The van der Waals surface area contributed by atoms with Gasteiger partial charge in [0.05, 0.1) is 22.9 Å². The third kappa shape index (κ3) is 7.35. The SMILES string of the molecule is Cc1nc2cc(C(N(CCC(=N)N)C(=O)O)C(C)(C)CCc3ccc(C(=N)N)cc3)ccc2[nH]1.Cl.Cl. The summed E-state index contributed by atoms with van der Waals surface area (Å²) in [7, 11) is 0. The molecule has 1 unspecified atom stereocenters. The first kappa shape index (κ1) is 30.7. The smallest absolute Gasteiger partial charge is 0.407 e. The third-order valence-corrected chi connectivity index (χ3v) is 6.18. The lowest BCUT2D eigenvalue weighted by Gasteiger charge is -2.41. The molecule has 0 aliphatic heterocycles. The maximum Gasteiger partial charge on any atom is 0.407 e. The number of H-pyrrole nitrogens is 1. The van der Waals surface area contributed by atoms with Gasteiger partial charge < -0.3 is 26.5 Å². The number of hydrogen-bond donors (Lipinski definition) is 6. The Bertz CT molecular complexity index is 1210. The Hall–Kier alpha value is -3.30. The molecular weight excluding hydrogens is 501 g/mol. The van der Waals surface area contributed by atoms with Crippen LogP contribution in [0.1, 0.15) is 55.2 Å². The Morgan fingerprint density at radius 2 is 1.78 bits per heavy atom. The van der Waals surface area contributed by atoms with Crippen LogP contribution < -0.4 is 11.5 Å². The molecular formula is C25H35Cl2N7O2. The van der Waals surface area contributed by atoms with Gasteiger partial charge >= 0.3 is 6.09 Å². The number of rotatable bonds is 10. The number of nitrogens with one attached hydrogen (secondary N) is 3. The van der Waals surface area contributed by atoms with Crippen molar-refractivity contribution in [3.05, 3.63) is 65.0 Å². The molecule has 196 valence electrons. The number of amidine groups is 2. The predicted molar refractivity (Wildman–Crippen MR) is 149 cm³/mol. The lowest BCUT2D eigenvalue weighted by molar-refractivity contribution is 0.0716. The molecule has 1 aromatic heterocycles. The number of aromatic nitrogens is 2. The van der Waals surface area contributed by atoms with Gasteiger partial charge in [-0.05, 0) is 48.4 Å². The summed E-state index contributed by atoms with van der Waals surface area (Å²) in [6.07, 6.45) is 0.544. The largest absolute Gasteiger partial charge is 0.465 e. The van der Waals surface area contributed by atoms with Gasteiger partial charge in [-0.3, -0.25) is 10.8 Å². The zero-order valence-electron chi connectivity index (χ0n) is 20.7. The summed E-state index contributed by atoms with van der Waals surface area (Å²) in [5.41, 5.74) is 14.9. The highest BCUT2D eigenvalue weighted by Gasteiger charge is 2.38. The first-order valence-corrected chi connectivity index (χ1v) is 11.2. The van der Waals surface area contributed by atoms with Gasteiger partial charge in [0.1, 0.15) is 11.7 Å². The Morgan fingerprint density at radius 1 is 1.14 bits per heavy atom. The summed E-state index contributed by atoms with van der Waals surface area (Å²) >= 11 is 0. The second kappa shape index (κ2) is 12.6. The summed E-state index contributed by atoms with van der Waals surface area (Å²) in [4.78, 5) is 21.5. The minimum absolute atomic E-state index is 0. The molecule has 0 aliphatic rings. The van der Waals surface area contributed by atoms with Crippen molar-refractivity contribution in [1.29, 1.82) is 10.8 Å². The lowest BCUT2D eigenvalue weighted by atomic mass is 9.75. The highest BCUT2D eigenvalue weighted by molar-refractivity contribution is 5.94. The average molecular weight is 537 g/mol. The molecule has 2 aromatic carbocycles. The molecule has 0 radical (unpaired) electrons. The molecule has 3 aromatic rings. The van der Waals surface area contributed by atoms with Crippen molar-refractivity contribution in [3.63, 3.8) is 0 Å². The summed E-state index contributed by atoms with van der Waals surface area (Å²) < 4.78 is 0. The van der Waals surface area contributed by atoms with Crippen LogP contribution in [-0.4, -0.2) is 44.3 Å². The van der Waals surface area contributed by atoms with E-state index in [-0.39, 0.29) is 49.5 Å². The van der Waals surface area contributed by atoms with E-state index in [9.17, 15) is 9.90 Å². The maximum atomic E-state index is 12.4. The number of amides is 1. The van der Waals surface area contributed by atoms with Gasteiger partial charge in [-0.15, -0.1) is 24.8 Å². The molecule has 1 heterocycles. The molecule has 1 atom stereocenters. The maximum absolute atomic E-state index is 12.4. The van der Waals surface area contributed by atoms with Gasteiger partial charge in [0.25, 0.3) is 0 Å². The summed E-state index contributed by atoms with van der Waals surface area (Å²) in [5.74, 6) is 0.772. The van der Waals surface area contributed by atoms with Crippen LogP contribution in [0.4, 0.5) is 4.79 Å². The second-order valence-electron chi connectivity index (χ2n) is 9.35. The number of benzene rings is 2. The van der Waals surface area contributed by atoms with Crippen molar-refractivity contribution in [1.82, 2.24) is 14.9 Å². The van der Waals surface area contributed by atoms with E-state index in [1.54, 1.807) is 0 Å². The highest BCUT2D eigenvalue weighted by atomic mass is 35.5. The summed E-state index contributed by atoms with van der Waals surface area (Å²) in [5, 5.41) is 25.3.